The Bertz CT molecular complexity index is 1150. The van der Waals surface area contributed by atoms with E-state index in [1.54, 1.807) is 23.5 Å². The molecular formula is C21H23ClN4O3S2. The standard InChI is InChI=1S/C21H23ClN4O3S2/c1-10-4-5-11-16(6-10)31-20-18(11)19(23)25-21(26-20)30-9-17(27)24-13-7-12(22)14(28-2)8-15(13)29-3/h7-8,10H,4-6,9H2,1-3H3,(H,24,27)(H2,23,25,26). The molecule has 1 aliphatic rings. The molecule has 7 nitrogen and oxygen atoms in total. The van der Waals surface area contributed by atoms with Gasteiger partial charge in [-0.15, -0.1) is 11.3 Å². The topological polar surface area (TPSA) is 99.4 Å². The summed E-state index contributed by atoms with van der Waals surface area (Å²) >= 11 is 9.10. The number of fused-ring (bicyclic) bond motifs is 3. The molecule has 3 N–H and O–H groups in total. The fourth-order valence-corrected chi connectivity index (χ4v) is 6.03. The summed E-state index contributed by atoms with van der Waals surface area (Å²) in [6.07, 6.45) is 3.24. The van der Waals surface area contributed by atoms with Crippen LogP contribution in [-0.2, 0) is 17.6 Å². The lowest BCUT2D eigenvalue weighted by atomic mass is 9.89. The summed E-state index contributed by atoms with van der Waals surface area (Å²) in [7, 11) is 3.03. The van der Waals surface area contributed by atoms with Crippen molar-refractivity contribution in [3.63, 3.8) is 0 Å². The van der Waals surface area contributed by atoms with E-state index in [1.807, 2.05) is 0 Å². The van der Waals surface area contributed by atoms with E-state index in [9.17, 15) is 4.79 Å². The number of anilines is 2. The fraction of sp³-hybridized carbons (Fsp3) is 0.381. The van der Waals surface area contributed by atoms with Crippen LogP contribution < -0.4 is 20.5 Å². The lowest BCUT2D eigenvalue weighted by molar-refractivity contribution is -0.113. The van der Waals surface area contributed by atoms with Gasteiger partial charge in [0.1, 0.15) is 22.1 Å². The lowest BCUT2D eigenvalue weighted by Crippen LogP contribution is -2.15. The largest absolute Gasteiger partial charge is 0.495 e. The van der Waals surface area contributed by atoms with Gasteiger partial charge in [-0.2, -0.15) is 0 Å². The van der Waals surface area contributed by atoms with Gasteiger partial charge in [0.05, 0.1) is 36.1 Å². The van der Waals surface area contributed by atoms with Crippen molar-refractivity contribution in [3.8, 4) is 11.5 Å². The molecule has 0 bridgehead atoms. The molecule has 1 amide bonds. The molecule has 0 aliphatic heterocycles. The summed E-state index contributed by atoms with van der Waals surface area (Å²) in [6.45, 7) is 2.27. The number of methoxy groups -OCH3 is 2. The van der Waals surface area contributed by atoms with Crippen LogP contribution in [0.1, 0.15) is 23.8 Å². The quantitative estimate of drug-likeness (QED) is 0.387. The van der Waals surface area contributed by atoms with E-state index in [-0.39, 0.29) is 11.7 Å². The number of amides is 1. The van der Waals surface area contributed by atoms with Crippen molar-refractivity contribution < 1.29 is 14.3 Å². The Morgan fingerprint density at radius 3 is 2.84 bits per heavy atom. The predicted molar refractivity (Wildman–Crippen MR) is 127 cm³/mol. The molecule has 164 valence electrons. The zero-order chi connectivity index (χ0) is 22.1. The first-order valence-electron chi connectivity index (χ1n) is 9.81. The number of nitrogens with one attached hydrogen (secondary N) is 1. The van der Waals surface area contributed by atoms with Gasteiger partial charge >= 0.3 is 0 Å². The van der Waals surface area contributed by atoms with E-state index in [0.717, 1.165) is 29.5 Å². The highest BCUT2D eigenvalue weighted by Crippen LogP contribution is 2.40. The molecule has 0 saturated carbocycles. The maximum absolute atomic E-state index is 12.5. The summed E-state index contributed by atoms with van der Waals surface area (Å²) in [5.41, 5.74) is 8.04. The molecule has 10 heteroatoms. The number of thioether (sulfide) groups is 1. The molecule has 1 unspecified atom stereocenters. The summed E-state index contributed by atoms with van der Waals surface area (Å²) in [6, 6.07) is 3.22. The molecular weight excluding hydrogens is 456 g/mol. The Hall–Kier alpha value is -2.23. The van der Waals surface area contributed by atoms with E-state index in [2.05, 4.69) is 22.2 Å². The van der Waals surface area contributed by atoms with E-state index in [1.165, 1.54) is 36.4 Å². The van der Waals surface area contributed by atoms with Crippen LogP contribution in [0, 0.1) is 5.92 Å². The first kappa shape index (κ1) is 22.0. The maximum Gasteiger partial charge on any atom is 0.234 e. The highest BCUT2D eigenvalue weighted by Gasteiger charge is 2.23. The van der Waals surface area contributed by atoms with Crippen molar-refractivity contribution in [3.05, 3.63) is 27.6 Å². The number of ether oxygens (including phenoxy) is 2. The van der Waals surface area contributed by atoms with E-state index >= 15 is 0 Å². The number of hydrogen-bond donors (Lipinski definition) is 2. The van der Waals surface area contributed by atoms with Crippen molar-refractivity contribution in [2.75, 3.05) is 31.0 Å². The van der Waals surface area contributed by atoms with Gasteiger partial charge in [0.2, 0.25) is 5.91 Å². The second kappa shape index (κ2) is 9.10. The number of carbonyl (C=O) groups is 1. The number of aromatic nitrogens is 2. The van der Waals surface area contributed by atoms with Crippen LogP contribution in [0.5, 0.6) is 11.5 Å². The smallest absolute Gasteiger partial charge is 0.234 e. The minimum Gasteiger partial charge on any atom is -0.495 e. The molecule has 0 fully saturated rings. The van der Waals surface area contributed by atoms with E-state index in [4.69, 9.17) is 26.8 Å². The van der Waals surface area contributed by atoms with E-state index in [0.29, 0.717) is 39.1 Å². The van der Waals surface area contributed by atoms with Crippen LogP contribution in [0.2, 0.25) is 5.02 Å². The lowest BCUT2D eigenvalue weighted by Gasteiger charge is -2.17. The van der Waals surface area contributed by atoms with Gasteiger partial charge in [0.15, 0.2) is 5.16 Å². The van der Waals surface area contributed by atoms with E-state index < -0.39 is 0 Å². The molecule has 31 heavy (non-hydrogen) atoms. The average molecular weight is 479 g/mol. The zero-order valence-electron chi connectivity index (χ0n) is 17.5. The molecule has 4 rings (SSSR count). The van der Waals surface area contributed by atoms with Crippen molar-refractivity contribution in [2.24, 2.45) is 5.92 Å². The molecule has 0 saturated heterocycles. The van der Waals surface area contributed by atoms with Crippen LogP contribution >= 0.6 is 34.7 Å². The molecule has 0 radical (unpaired) electrons. The number of halogens is 1. The number of rotatable bonds is 6. The second-order valence-corrected chi connectivity index (χ2v) is 9.88. The number of thiophene rings is 1. The molecule has 3 aromatic rings. The van der Waals surface area contributed by atoms with Gasteiger partial charge in [-0.25, -0.2) is 9.97 Å². The summed E-state index contributed by atoms with van der Waals surface area (Å²) in [5, 5.41) is 4.67. The minimum atomic E-state index is -0.230. The van der Waals surface area contributed by atoms with Gasteiger partial charge in [-0.1, -0.05) is 30.3 Å². The third-order valence-electron chi connectivity index (χ3n) is 5.24. The first-order chi connectivity index (χ1) is 14.9. The van der Waals surface area contributed by atoms with Gasteiger partial charge in [0, 0.05) is 10.9 Å². The summed E-state index contributed by atoms with van der Waals surface area (Å²) in [5.74, 6) is 1.99. The SMILES string of the molecule is COc1cc(OC)c(NC(=O)CSc2nc(N)c3c4c(sc3n2)CC(C)CC4)cc1Cl. The number of nitrogens with two attached hydrogens (primary N) is 1. The number of aryl methyl sites for hydroxylation is 1. The molecule has 1 aliphatic carbocycles. The summed E-state index contributed by atoms with van der Waals surface area (Å²) in [4.78, 5) is 23.9. The number of benzene rings is 1. The van der Waals surface area contributed by atoms with Crippen LogP contribution in [0.15, 0.2) is 17.3 Å². The Labute approximate surface area is 193 Å². The Kier molecular flexibility index (Phi) is 6.45. The minimum absolute atomic E-state index is 0.125. The van der Waals surface area contributed by atoms with Crippen molar-refractivity contribution in [2.45, 2.75) is 31.3 Å². The molecule has 1 atom stereocenters. The third kappa shape index (κ3) is 4.53. The van der Waals surface area contributed by atoms with Crippen molar-refractivity contribution in [1.29, 1.82) is 0 Å². The number of carbonyl (C=O) groups excluding carboxylic acids is 1. The Morgan fingerprint density at radius 2 is 2.10 bits per heavy atom. The number of nitrogens with zero attached hydrogens (tertiary/aromatic N) is 2. The Balaban J connectivity index is 1.48. The van der Waals surface area contributed by atoms with Gasteiger partial charge in [0.25, 0.3) is 0 Å². The normalized spacial score (nSPS) is 15.5. The number of hydrogen-bond acceptors (Lipinski definition) is 8. The molecule has 2 heterocycles. The monoisotopic (exact) mass is 478 g/mol. The average Bonchev–Trinajstić information content (AvgIpc) is 3.10. The second-order valence-electron chi connectivity index (χ2n) is 7.45. The van der Waals surface area contributed by atoms with Gasteiger partial charge in [-0.05, 0) is 36.8 Å². The zero-order valence-corrected chi connectivity index (χ0v) is 19.8. The summed E-state index contributed by atoms with van der Waals surface area (Å²) < 4.78 is 10.5. The first-order valence-corrected chi connectivity index (χ1v) is 12.0. The predicted octanol–water partition coefficient (Wildman–Crippen LogP) is 4.80. The molecule has 0 spiro atoms. The molecule has 1 aromatic carbocycles. The van der Waals surface area contributed by atoms with Gasteiger partial charge in [-0.3, -0.25) is 4.79 Å². The highest BCUT2D eigenvalue weighted by molar-refractivity contribution is 7.99. The third-order valence-corrected chi connectivity index (χ3v) is 7.53. The maximum atomic E-state index is 12.5. The van der Waals surface area contributed by atoms with Crippen molar-refractivity contribution in [1.82, 2.24) is 9.97 Å². The van der Waals surface area contributed by atoms with Gasteiger partial charge < -0.3 is 20.5 Å². The van der Waals surface area contributed by atoms with Crippen LogP contribution in [-0.4, -0.2) is 35.8 Å². The Morgan fingerprint density at radius 1 is 1.32 bits per heavy atom. The van der Waals surface area contributed by atoms with Crippen LogP contribution in [0.3, 0.4) is 0 Å². The van der Waals surface area contributed by atoms with Crippen LogP contribution in [0.25, 0.3) is 10.2 Å². The van der Waals surface area contributed by atoms with Crippen molar-refractivity contribution >= 4 is 62.3 Å². The molecule has 2 aromatic heterocycles. The highest BCUT2D eigenvalue weighted by atomic mass is 35.5. The fourth-order valence-electron chi connectivity index (χ4n) is 3.69. The number of nitrogen functional groups attached to an aromatic ring is 1. The van der Waals surface area contributed by atoms with Crippen LogP contribution in [0.4, 0.5) is 11.5 Å².